The second kappa shape index (κ2) is 5.24. The summed E-state index contributed by atoms with van der Waals surface area (Å²) in [6.07, 6.45) is 2.28. The molecule has 1 aromatic carbocycles. The van der Waals surface area contributed by atoms with Crippen molar-refractivity contribution in [3.8, 4) is 23.1 Å². The Hall–Kier alpha value is -3.07. The summed E-state index contributed by atoms with van der Waals surface area (Å²) in [7, 11) is 0. The molecular formula is C18H16N4O2. The van der Waals surface area contributed by atoms with Crippen LogP contribution in [0.2, 0.25) is 0 Å². The van der Waals surface area contributed by atoms with Gasteiger partial charge in [-0.1, -0.05) is 13.8 Å². The molecule has 0 saturated heterocycles. The fourth-order valence-electron chi connectivity index (χ4n) is 3.22. The summed E-state index contributed by atoms with van der Waals surface area (Å²) >= 11 is 0. The maximum atomic E-state index is 12.9. The molecule has 0 unspecified atom stereocenters. The van der Waals surface area contributed by atoms with E-state index >= 15 is 0 Å². The van der Waals surface area contributed by atoms with Crippen molar-refractivity contribution in [1.29, 1.82) is 5.26 Å². The van der Waals surface area contributed by atoms with Crippen molar-refractivity contribution in [2.24, 2.45) is 0 Å². The van der Waals surface area contributed by atoms with Gasteiger partial charge in [-0.3, -0.25) is 4.79 Å². The lowest BCUT2D eigenvalue weighted by Gasteiger charge is -2.14. The topological polar surface area (TPSA) is 83.2 Å². The molecule has 120 valence electrons. The highest BCUT2D eigenvalue weighted by molar-refractivity contribution is 5.69. The standard InChI is InChI=1S/C18H16N4O2/c1-10(2)15-16(12-3-4-14-11(7-12)5-6-24-14)21-17-13(8-19)9-20-22(17)18(15)23/h3-4,7,9-10,21H,5-6H2,1-2H3. The number of hydrogen-bond acceptors (Lipinski definition) is 4. The summed E-state index contributed by atoms with van der Waals surface area (Å²) in [4.78, 5) is 16.1. The maximum Gasteiger partial charge on any atom is 0.278 e. The molecule has 1 N–H and O–H groups in total. The van der Waals surface area contributed by atoms with Gasteiger partial charge in [-0.05, 0) is 35.2 Å². The van der Waals surface area contributed by atoms with Crippen molar-refractivity contribution in [3.05, 3.63) is 51.4 Å². The number of nitrogens with zero attached hydrogens (tertiary/aromatic N) is 3. The third kappa shape index (κ3) is 2.02. The summed E-state index contributed by atoms with van der Waals surface area (Å²) in [6, 6.07) is 8.01. The van der Waals surface area contributed by atoms with Crippen LogP contribution in [-0.2, 0) is 6.42 Å². The van der Waals surface area contributed by atoms with E-state index in [-0.39, 0.29) is 11.5 Å². The van der Waals surface area contributed by atoms with Gasteiger partial charge in [-0.2, -0.15) is 14.9 Å². The molecule has 1 aliphatic heterocycles. The van der Waals surface area contributed by atoms with Crippen LogP contribution < -0.4 is 10.3 Å². The fourth-order valence-corrected chi connectivity index (χ4v) is 3.22. The monoisotopic (exact) mass is 320 g/mol. The number of nitriles is 1. The van der Waals surface area contributed by atoms with Gasteiger partial charge in [-0.15, -0.1) is 0 Å². The van der Waals surface area contributed by atoms with Crippen LogP contribution in [0.15, 0.2) is 29.2 Å². The third-order valence-corrected chi connectivity index (χ3v) is 4.38. The van der Waals surface area contributed by atoms with Gasteiger partial charge in [0, 0.05) is 12.0 Å². The average molecular weight is 320 g/mol. The Morgan fingerprint density at radius 2 is 2.25 bits per heavy atom. The minimum absolute atomic E-state index is 0.0207. The fraction of sp³-hybridized carbons (Fsp3) is 0.278. The van der Waals surface area contributed by atoms with Crippen LogP contribution >= 0.6 is 0 Å². The molecular weight excluding hydrogens is 304 g/mol. The largest absolute Gasteiger partial charge is 0.493 e. The lowest BCUT2D eigenvalue weighted by molar-refractivity contribution is 0.357. The van der Waals surface area contributed by atoms with Gasteiger partial charge in [0.15, 0.2) is 5.65 Å². The number of aromatic amines is 1. The molecule has 4 rings (SSSR count). The zero-order valence-electron chi connectivity index (χ0n) is 13.5. The molecule has 0 radical (unpaired) electrons. The molecule has 0 saturated carbocycles. The van der Waals surface area contributed by atoms with E-state index < -0.39 is 0 Å². The van der Waals surface area contributed by atoms with Gasteiger partial charge in [0.05, 0.1) is 18.5 Å². The van der Waals surface area contributed by atoms with E-state index in [0.717, 1.165) is 29.0 Å². The molecule has 0 atom stereocenters. The molecule has 1 aliphatic rings. The van der Waals surface area contributed by atoms with Crippen molar-refractivity contribution in [2.45, 2.75) is 26.2 Å². The molecule has 24 heavy (non-hydrogen) atoms. The molecule has 6 nitrogen and oxygen atoms in total. The molecule has 3 heterocycles. The van der Waals surface area contributed by atoms with E-state index in [4.69, 9.17) is 4.74 Å². The number of aromatic nitrogens is 3. The zero-order valence-corrected chi connectivity index (χ0v) is 13.5. The normalized spacial score (nSPS) is 13.1. The first kappa shape index (κ1) is 14.5. The summed E-state index contributed by atoms with van der Waals surface area (Å²) in [5, 5.41) is 13.3. The number of benzene rings is 1. The maximum absolute atomic E-state index is 12.9. The van der Waals surface area contributed by atoms with Crippen molar-refractivity contribution in [1.82, 2.24) is 14.6 Å². The minimum Gasteiger partial charge on any atom is -0.493 e. The van der Waals surface area contributed by atoms with Crippen LogP contribution in [0.1, 0.15) is 36.5 Å². The molecule has 0 spiro atoms. The molecule has 2 aromatic heterocycles. The van der Waals surface area contributed by atoms with E-state index in [1.54, 1.807) is 0 Å². The second-order valence-electron chi connectivity index (χ2n) is 6.22. The third-order valence-electron chi connectivity index (χ3n) is 4.38. The SMILES string of the molecule is CC(C)c1c(-c2ccc3c(c2)CCO3)[nH]c2c(C#N)cnn2c1=O. The number of ether oxygens (including phenoxy) is 1. The molecule has 6 heteroatoms. The van der Waals surface area contributed by atoms with E-state index in [1.165, 1.54) is 10.7 Å². The van der Waals surface area contributed by atoms with E-state index in [9.17, 15) is 10.1 Å². The Morgan fingerprint density at radius 3 is 3.00 bits per heavy atom. The van der Waals surface area contributed by atoms with Crippen LogP contribution in [0.3, 0.4) is 0 Å². The smallest absolute Gasteiger partial charge is 0.278 e. The zero-order chi connectivity index (χ0) is 16.8. The van der Waals surface area contributed by atoms with Crippen LogP contribution in [0.25, 0.3) is 16.9 Å². The Bertz CT molecular complexity index is 1050. The van der Waals surface area contributed by atoms with Crippen molar-refractivity contribution in [2.75, 3.05) is 6.61 Å². The predicted molar refractivity (Wildman–Crippen MR) is 89.3 cm³/mol. The Kier molecular flexibility index (Phi) is 3.17. The van der Waals surface area contributed by atoms with Gasteiger partial charge in [0.25, 0.3) is 5.56 Å². The van der Waals surface area contributed by atoms with Crippen LogP contribution in [0, 0.1) is 11.3 Å². The van der Waals surface area contributed by atoms with Gasteiger partial charge in [0.2, 0.25) is 0 Å². The first-order valence-electron chi connectivity index (χ1n) is 7.90. The summed E-state index contributed by atoms with van der Waals surface area (Å²) in [6.45, 7) is 4.64. The second-order valence-corrected chi connectivity index (χ2v) is 6.22. The molecule has 0 fully saturated rings. The lowest BCUT2D eigenvalue weighted by Crippen LogP contribution is -2.22. The van der Waals surface area contributed by atoms with Gasteiger partial charge < -0.3 is 9.72 Å². The van der Waals surface area contributed by atoms with Crippen molar-refractivity contribution < 1.29 is 4.74 Å². The highest BCUT2D eigenvalue weighted by Gasteiger charge is 2.21. The number of rotatable bonds is 2. The Labute approximate surface area is 138 Å². The van der Waals surface area contributed by atoms with Crippen LogP contribution in [-0.4, -0.2) is 21.2 Å². The minimum atomic E-state index is -0.188. The van der Waals surface area contributed by atoms with Crippen LogP contribution in [0.4, 0.5) is 0 Å². The van der Waals surface area contributed by atoms with Gasteiger partial charge in [0.1, 0.15) is 17.4 Å². The summed E-state index contributed by atoms with van der Waals surface area (Å²) in [5.74, 6) is 0.919. The Balaban J connectivity index is 2.05. The van der Waals surface area contributed by atoms with Crippen molar-refractivity contribution >= 4 is 5.65 Å². The quantitative estimate of drug-likeness (QED) is 0.787. The first-order valence-corrected chi connectivity index (χ1v) is 7.90. The number of nitrogens with one attached hydrogen (secondary N) is 1. The highest BCUT2D eigenvalue weighted by Crippen LogP contribution is 2.32. The molecule has 0 amide bonds. The molecule has 0 aliphatic carbocycles. The van der Waals surface area contributed by atoms with E-state index in [0.29, 0.717) is 23.4 Å². The lowest BCUT2D eigenvalue weighted by atomic mass is 9.96. The van der Waals surface area contributed by atoms with Gasteiger partial charge >= 0.3 is 0 Å². The van der Waals surface area contributed by atoms with E-state index in [2.05, 4.69) is 22.2 Å². The van der Waals surface area contributed by atoms with Gasteiger partial charge in [-0.25, -0.2) is 0 Å². The average Bonchev–Trinajstić information content (AvgIpc) is 3.19. The first-order chi connectivity index (χ1) is 11.6. The van der Waals surface area contributed by atoms with E-state index in [1.807, 2.05) is 26.0 Å². The summed E-state index contributed by atoms with van der Waals surface area (Å²) in [5.41, 5.74) is 4.06. The molecule has 3 aromatic rings. The number of hydrogen-bond donors (Lipinski definition) is 1. The van der Waals surface area contributed by atoms with Crippen LogP contribution in [0.5, 0.6) is 5.75 Å². The number of H-pyrrole nitrogens is 1. The number of fused-ring (bicyclic) bond motifs is 2. The van der Waals surface area contributed by atoms with Crippen molar-refractivity contribution in [3.63, 3.8) is 0 Å². The molecule has 0 bridgehead atoms. The predicted octanol–water partition coefficient (Wildman–Crippen LogP) is 2.62. The summed E-state index contributed by atoms with van der Waals surface area (Å²) < 4.78 is 6.83. The Morgan fingerprint density at radius 1 is 1.42 bits per heavy atom. The highest BCUT2D eigenvalue weighted by atomic mass is 16.5.